The summed E-state index contributed by atoms with van der Waals surface area (Å²) in [6, 6.07) is 14.0. The van der Waals surface area contributed by atoms with Crippen LogP contribution in [0.25, 0.3) is 11.4 Å². The topological polar surface area (TPSA) is 65.2 Å². The normalized spacial score (nSPS) is 10.5. The smallest absolute Gasteiger partial charge is 0.338 e. The van der Waals surface area contributed by atoms with Crippen LogP contribution in [-0.4, -0.2) is 16.1 Å². The fourth-order valence-corrected chi connectivity index (χ4v) is 2.35. The molecule has 1 aromatic heterocycles. The van der Waals surface area contributed by atoms with Gasteiger partial charge in [-0.15, -0.1) is 0 Å². The van der Waals surface area contributed by atoms with Gasteiger partial charge >= 0.3 is 5.97 Å². The fraction of sp³-hybridized carbons (Fsp3) is 0.0625. The standard InChI is InChI=1S/C16H10BrClN2O3/c17-11-7-5-10(6-8-11)16(21)22-9-14-19-15(20-23-14)12-3-1-2-4-13(12)18/h1-8H,9H2. The number of rotatable bonds is 4. The summed E-state index contributed by atoms with van der Waals surface area (Å²) in [5.74, 6) is 0.0886. The van der Waals surface area contributed by atoms with E-state index in [4.69, 9.17) is 20.9 Å². The maximum Gasteiger partial charge on any atom is 0.338 e. The van der Waals surface area contributed by atoms with Crippen molar-refractivity contribution in [2.24, 2.45) is 0 Å². The highest BCUT2D eigenvalue weighted by molar-refractivity contribution is 9.10. The molecule has 0 radical (unpaired) electrons. The van der Waals surface area contributed by atoms with Crippen LogP contribution in [-0.2, 0) is 11.3 Å². The Morgan fingerprint density at radius 1 is 1.17 bits per heavy atom. The van der Waals surface area contributed by atoms with Crippen molar-refractivity contribution in [1.82, 2.24) is 10.1 Å². The monoisotopic (exact) mass is 392 g/mol. The minimum absolute atomic E-state index is 0.105. The number of nitrogens with zero attached hydrogens (tertiary/aromatic N) is 2. The molecular weight excluding hydrogens is 384 g/mol. The zero-order chi connectivity index (χ0) is 16.2. The largest absolute Gasteiger partial charge is 0.452 e. The Kier molecular flexibility index (Phi) is 4.73. The van der Waals surface area contributed by atoms with Crippen molar-refractivity contribution in [1.29, 1.82) is 0 Å². The van der Waals surface area contributed by atoms with E-state index in [-0.39, 0.29) is 12.5 Å². The molecule has 0 saturated carbocycles. The molecule has 0 N–H and O–H groups in total. The third-order valence-corrected chi connectivity index (χ3v) is 3.85. The van der Waals surface area contributed by atoms with E-state index < -0.39 is 5.97 Å². The second-order valence-corrected chi connectivity index (χ2v) is 5.90. The summed E-state index contributed by atoms with van der Waals surface area (Å²) in [5.41, 5.74) is 1.10. The van der Waals surface area contributed by atoms with Crippen molar-refractivity contribution in [3.05, 3.63) is 69.5 Å². The molecule has 0 aliphatic rings. The highest BCUT2D eigenvalue weighted by Crippen LogP contribution is 2.25. The van der Waals surface area contributed by atoms with Gasteiger partial charge in [-0.05, 0) is 36.4 Å². The van der Waals surface area contributed by atoms with Crippen molar-refractivity contribution < 1.29 is 14.1 Å². The fourth-order valence-electron chi connectivity index (χ4n) is 1.86. The van der Waals surface area contributed by atoms with Gasteiger partial charge in [-0.3, -0.25) is 0 Å². The first-order chi connectivity index (χ1) is 11.1. The lowest BCUT2D eigenvalue weighted by Gasteiger charge is -2.01. The Labute approximate surface area is 145 Å². The van der Waals surface area contributed by atoms with Crippen LogP contribution < -0.4 is 0 Å². The Hall–Kier alpha value is -2.18. The van der Waals surface area contributed by atoms with Crippen LogP contribution in [0, 0.1) is 0 Å². The predicted octanol–water partition coefficient (Wildman–Crippen LogP) is 4.51. The summed E-state index contributed by atoms with van der Waals surface area (Å²) in [4.78, 5) is 16.1. The highest BCUT2D eigenvalue weighted by atomic mass is 79.9. The van der Waals surface area contributed by atoms with Gasteiger partial charge in [-0.25, -0.2) is 4.79 Å². The summed E-state index contributed by atoms with van der Waals surface area (Å²) in [5, 5.41) is 4.36. The maximum absolute atomic E-state index is 11.9. The molecule has 3 rings (SSSR count). The van der Waals surface area contributed by atoms with E-state index in [1.54, 1.807) is 36.4 Å². The van der Waals surface area contributed by atoms with Gasteiger partial charge in [0.25, 0.3) is 5.89 Å². The number of ether oxygens (including phenoxy) is 1. The first-order valence-corrected chi connectivity index (χ1v) is 7.81. The summed E-state index contributed by atoms with van der Waals surface area (Å²) in [7, 11) is 0. The van der Waals surface area contributed by atoms with Crippen molar-refractivity contribution in [2.75, 3.05) is 0 Å². The third-order valence-electron chi connectivity index (χ3n) is 2.99. The summed E-state index contributed by atoms with van der Waals surface area (Å²) < 4.78 is 11.1. The van der Waals surface area contributed by atoms with E-state index in [9.17, 15) is 4.79 Å². The molecule has 7 heteroatoms. The van der Waals surface area contributed by atoms with Crippen LogP contribution in [0.2, 0.25) is 5.02 Å². The Morgan fingerprint density at radius 3 is 2.65 bits per heavy atom. The van der Waals surface area contributed by atoms with Crippen molar-refractivity contribution in [3.63, 3.8) is 0 Å². The average Bonchev–Trinajstić information content (AvgIpc) is 3.02. The van der Waals surface area contributed by atoms with E-state index in [0.717, 1.165) is 4.47 Å². The van der Waals surface area contributed by atoms with Crippen LogP contribution >= 0.6 is 27.5 Å². The van der Waals surface area contributed by atoms with Gasteiger partial charge in [0.1, 0.15) is 0 Å². The van der Waals surface area contributed by atoms with Gasteiger partial charge in [-0.2, -0.15) is 4.98 Å². The van der Waals surface area contributed by atoms with Crippen LogP contribution in [0.4, 0.5) is 0 Å². The molecule has 3 aromatic rings. The number of esters is 1. The van der Waals surface area contributed by atoms with E-state index in [0.29, 0.717) is 22.0 Å². The van der Waals surface area contributed by atoms with Gasteiger partial charge < -0.3 is 9.26 Å². The van der Waals surface area contributed by atoms with Crippen LogP contribution in [0.15, 0.2) is 57.5 Å². The van der Waals surface area contributed by atoms with Crippen LogP contribution in [0.1, 0.15) is 16.2 Å². The SMILES string of the molecule is O=C(OCc1nc(-c2ccccc2Cl)no1)c1ccc(Br)cc1. The summed E-state index contributed by atoms with van der Waals surface area (Å²) in [6.45, 7) is -0.105. The lowest BCUT2D eigenvalue weighted by atomic mass is 10.2. The highest BCUT2D eigenvalue weighted by Gasteiger charge is 2.14. The van der Waals surface area contributed by atoms with Gasteiger partial charge in [0, 0.05) is 10.0 Å². The molecule has 23 heavy (non-hydrogen) atoms. The van der Waals surface area contributed by atoms with E-state index in [1.807, 2.05) is 12.1 Å². The lowest BCUT2D eigenvalue weighted by molar-refractivity contribution is 0.0430. The minimum atomic E-state index is -0.463. The molecule has 0 unspecified atom stereocenters. The number of halogens is 2. The van der Waals surface area contributed by atoms with Crippen LogP contribution in [0.5, 0.6) is 0 Å². The molecule has 0 aliphatic carbocycles. The van der Waals surface area contributed by atoms with Gasteiger partial charge in [-0.1, -0.05) is 44.8 Å². The second kappa shape index (κ2) is 6.93. The quantitative estimate of drug-likeness (QED) is 0.610. The maximum atomic E-state index is 11.9. The van der Waals surface area contributed by atoms with E-state index in [1.165, 1.54) is 0 Å². The predicted molar refractivity (Wildman–Crippen MR) is 88.0 cm³/mol. The Morgan fingerprint density at radius 2 is 1.91 bits per heavy atom. The number of benzene rings is 2. The molecule has 1 heterocycles. The summed E-state index contributed by atoms with van der Waals surface area (Å²) >= 11 is 9.38. The number of aromatic nitrogens is 2. The van der Waals surface area contributed by atoms with Gasteiger partial charge in [0.2, 0.25) is 5.82 Å². The first-order valence-electron chi connectivity index (χ1n) is 6.63. The Bertz CT molecular complexity index is 833. The number of carbonyl (C=O) groups excluding carboxylic acids is 1. The molecule has 116 valence electrons. The molecule has 5 nitrogen and oxygen atoms in total. The van der Waals surface area contributed by atoms with Crippen molar-refractivity contribution in [2.45, 2.75) is 6.61 Å². The molecule has 0 bridgehead atoms. The van der Waals surface area contributed by atoms with Crippen LogP contribution in [0.3, 0.4) is 0 Å². The molecule has 0 atom stereocenters. The zero-order valence-electron chi connectivity index (χ0n) is 11.7. The number of carbonyl (C=O) groups is 1. The third kappa shape index (κ3) is 3.78. The molecular formula is C16H10BrClN2O3. The lowest BCUT2D eigenvalue weighted by Crippen LogP contribution is -2.05. The van der Waals surface area contributed by atoms with E-state index in [2.05, 4.69) is 26.1 Å². The number of hydrogen-bond acceptors (Lipinski definition) is 5. The second-order valence-electron chi connectivity index (χ2n) is 4.57. The molecule has 0 aliphatic heterocycles. The average molecular weight is 394 g/mol. The van der Waals surface area contributed by atoms with Gasteiger partial charge in [0.15, 0.2) is 6.61 Å². The van der Waals surface area contributed by atoms with Crippen molar-refractivity contribution >= 4 is 33.5 Å². The molecule has 0 amide bonds. The zero-order valence-corrected chi connectivity index (χ0v) is 14.0. The molecule has 0 fully saturated rings. The van der Waals surface area contributed by atoms with Gasteiger partial charge in [0.05, 0.1) is 10.6 Å². The number of hydrogen-bond donors (Lipinski definition) is 0. The van der Waals surface area contributed by atoms with E-state index >= 15 is 0 Å². The first kappa shape index (κ1) is 15.7. The molecule has 2 aromatic carbocycles. The Balaban J connectivity index is 1.67. The molecule has 0 saturated heterocycles. The minimum Gasteiger partial charge on any atom is -0.452 e. The van der Waals surface area contributed by atoms with Crippen molar-refractivity contribution in [3.8, 4) is 11.4 Å². The summed E-state index contributed by atoms with van der Waals surface area (Å²) in [6.07, 6.45) is 0. The molecule has 0 spiro atoms.